The van der Waals surface area contributed by atoms with E-state index < -0.39 is 11.9 Å². The predicted molar refractivity (Wildman–Crippen MR) is 99.0 cm³/mol. The first-order valence-electron chi connectivity index (χ1n) is 9.90. The largest absolute Gasteiger partial charge is 0.481 e. The van der Waals surface area contributed by atoms with Crippen LogP contribution in [0.5, 0.6) is 0 Å². The summed E-state index contributed by atoms with van der Waals surface area (Å²) in [7, 11) is 0. The second kappa shape index (κ2) is 7.33. The molecule has 2 amide bonds. The zero-order chi connectivity index (χ0) is 19.0. The topological polar surface area (TPSA) is 77.9 Å². The first-order valence-corrected chi connectivity index (χ1v) is 9.90. The second-order valence-corrected chi connectivity index (χ2v) is 8.12. The SMILES string of the molecule is O=C(O)[C@H]1CN(C(=O)C2CCN(C(=O)c3ccccc3)CC2)C[C@@H]1C1CC1. The molecular formula is C21H26N2O4. The minimum Gasteiger partial charge on any atom is -0.481 e. The maximum absolute atomic E-state index is 12.9. The van der Waals surface area contributed by atoms with Crippen LogP contribution in [0.2, 0.25) is 0 Å². The Morgan fingerprint density at radius 1 is 0.889 bits per heavy atom. The number of rotatable bonds is 4. The lowest BCUT2D eigenvalue weighted by molar-refractivity contribution is -0.143. The molecule has 2 saturated heterocycles. The van der Waals surface area contributed by atoms with Crippen molar-refractivity contribution in [3.8, 4) is 0 Å². The van der Waals surface area contributed by atoms with Gasteiger partial charge in [-0.2, -0.15) is 0 Å². The molecule has 3 aliphatic rings. The van der Waals surface area contributed by atoms with E-state index in [-0.39, 0.29) is 23.7 Å². The minimum atomic E-state index is -0.773. The van der Waals surface area contributed by atoms with Crippen LogP contribution in [-0.4, -0.2) is 58.9 Å². The zero-order valence-corrected chi connectivity index (χ0v) is 15.4. The van der Waals surface area contributed by atoms with Crippen LogP contribution in [-0.2, 0) is 9.59 Å². The van der Waals surface area contributed by atoms with E-state index >= 15 is 0 Å². The number of nitrogens with zero attached hydrogens (tertiary/aromatic N) is 2. The van der Waals surface area contributed by atoms with E-state index in [0.717, 1.165) is 12.8 Å². The summed E-state index contributed by atoms with van der Waals surface area (Å²) in [6, 6.07) is 9.22. The van der Waals surface area contributed by atoms with Gasteiger partial charge in [0.05, 0.1) is 5.92 Å². The molecule has 2 aliphatic heterocycles. The Balaban J connectivity index is 1.34. The minimum absolute atomic E-state index is 0.0161. The van der Waals surface area contributed by atoms with Crippen LogP contribution in [0.4, 0.5) is 0 Å². The monoisotopic (exact) mass is 370 g/mol. The number of amides is 2. The molecule has 0 spiro atoms. The van der Waals surface area contributed by atoms with Crippen LogP contribution in [0, 0.1) is 23.7 Å². The van der Waals surface area contributed by atoms with E-state index in [1.54, 1.807) is 4.90 Å². The standard InChI is InChI=1S/C21H26N2O4/c24-19(15-4-2-1-3-5-15)22-10-8-16(9-11-22)20(25)23-12-17(14-6-7-14)18(13-23)21(26)27/h1-5,14,16-18H,6-13H2,(H,26,27)/t17-,18+/m1/s1. The van der Waals surface area contributed by atoms with Crippen LogP contribution in [0.15, 0.2) is 30.3 Å². The molecule has 3 fully saturated rings. The summed E-state index contributed by atoms with van der Waals surface area (Å²) in [6.45, 7) is 2.08. The lowest BCUT2D eigenvalue weighted by Crippen LogP contribution is -2.44. The molecule has 0 aromatic heterocycles. The molecule has 6 heteroatoms. The molecule has 1 aliphatic carbocycles. The molecule has 1 N–H and O–H groups in total. The lowest BCUT2D eigenvalue weighted by Gasteiger charge is -2.33. The van der Waals surface area contributed by atoms with E-state index in [1.807, 2.05) is 35.2 Å². The highest BCUT2D eigenvalue weighted by Gasteiger charge is 2.47. The fourth-order valence-electron chi connectivity index (χ4n) is 4.62. The molecule has 27 heavy (non-hydrogen) atoms. The van der Waals surface area contributed by atoms with Crippen molar-refractivity contribution < 1.29 is 19.5 Å². The van der Waals surface area contributed by atoms with Gasteiger partial charge in [-0.25, -0.2) is 0 Å². The van der Waals surface area contributed by atoms with Crippen LogP contribution in [0.1, 0.15) is 36.0 Å². The third kappa shape index (κ3) is 3.70. The highest BCUT2D eigenvalue weighted by molar-refractivity contribution is 5.94. The summed E-state index contributed by atoms with van der Waals surface area (Å²) in [4.78, 5) is 40.6. The molecule has 2 atom stereocenters. The van der Waals surface area contributed by atoms with Crippen LogP contribution in [0.25, 0.3) is 0 Å². The number of piperidine rings is 1. The Bertz CT molecular complexity index is 723. The molecule has 1 saturated carbocycles. The molecule has 6 nitrogen and oxygen atoms in total. The molecule has 4 rings (SSSR count). The van der Waals surface area contributed by atoms with Gasteiger partial charge in [0.15, 0.2) is 0 Å². The number of carbonyl (C=O) groups excluding carboxylic acids is 2. The molecule has 0 radical (unpaired) electrons. The second-order valence-electron chi connectivity index (χ2n) is 8.12. The van der Waals surface area contributed by atoms with Gasteiger partial charge in [-0.1, -0.05) is 18.2 Å². The number of carboxylic acid groups (broad SMARTS) is 1. The van der Waals surface area contributed by atoms with Gasteiger partial charge in [0.25, 0.3) is 5.91 Å². The van der Waals surface area contributed by atoms with Crippen molar-refractivity contribution in [2.75, 3.05) is 26.2 Å². The van der Waals surface area contributed by atoms with E-state index in [2.05, 4.69) is 0 Å². The smallest absolute Gasteiger partial charge is 0.308 e. The number of hydrogen-bond acceptors (Lipinski definition) is 3. The Hall–Kier alpha value is -2.37. The van der Waals surface area contributed by atoms with Crippen molar-refractivity contribution in [3.63, 3.8) is 0 Å². The quantitative estimate of drug-likeness (QED) is 0.881. The molecule has 144 valence electrons. The predicted octanol–water partition coefficient (Wildman–Crippen LogP) is 2.11. The molecule has 0 bridgehead atoms. The van der Waals surface area contributed by atoms with Gasteiger partial charge in [-0.05, 0) is 49.7 Å². The summed E-state index contributed by atoms with van der Waals surface area (Å²) in [6.07, 6.45) is 3.49. The van der Waals surface area contributed by atoms with E-state index in [4.69, 9.17) is 0 Å². The molecule has 0 unspecified atom stereocenters. The van der Waals surface area contributed by atoms with Gasteiger partial charge < -0.3 is 14.9 Å². The highest BCUT2D eigenvalue weighted by atomic mass is 16.4. The van der Waals surface area contributed by atoms with Gasteiger partial charge in [-0.15, -0.1) is 0 Å². The number of carbonyl (C=O) groups is 3. The summed E-state index contributed by atoms with van der Waals surface area (Å²) in [5, 5.41) is 9.49. The van der Waals surface area contributed by atoms with Crippen LogP contribution in [0.3, 0.4) is 0 Å². The van der Waals surface area contributed by atoms with Gasteiger partial charge in [-0.3, -0.25) is 14.4 Å². The van der Waals surface area contributed by atoms with Crippen molar-refractivity contribution >= 4 is 17.8 Å². The van der Waals surface area contributed by atoms with E-state index in [1.165, 1.54) is 0 Å². The van der Waals surface area contributed by atoms with Crippen molar-refractivity contribution in [1.29, 1.82) is 0 Å². The molecule has 2 heterocycles. The summed E-state index contributed by atoms with van der Waals surface area (Å²) < 4.78 is 0. The van der Waals surface area contributed by atoms with Crippen LogP contribution >= 0.6 is 0 Å². The third-order valence-corrected chi connectivity index (χ3v) is 6.37. The van der Waals surface area contributed by atoms with Crippen LogP contribution < -0.4 is 0 Å². The highest BCUT2D eigenvalue weighted by Crippen LogP contribution is 2.44. The summed E-state index contributed by atoms with van der Waals surface area (Å²) in [5.41, 5.74) is 0.679. The fourth-order valence-corrected chi connectivity index (χ4v) is 4.62. The molecular weight excluding hydrogens is 344 g/mol. The first-order chi connectivity index (χ1) is 13.0. The summed E-state index contributed by atoms with van der Waals surface area (Å²) >= 11 is 0. The van der Waals surface area contributed by atoms with Crippen molar-refractivity contribution in [1.82, 2.24) is 9.80 Å². The maximum atomic E-state index is 12.9. The maximum Gasteiger partial charge on any atom is 0.308 e. The van der Waals surface area contributed by atoms with Gasteiger partial charge >= 0.3 is 5.97 Å². The number of benzene rings is 1. The summed E-state index contributed by atoms with van der Waals surface area (Å²) in [5.74, 6) is -0.594. The number of likely N-dealkylation sites (tertiary alicyclic amines) is 2. The molecule has 1 aromatic carbocycles. The normalized spacial score (nSPS) is 26.2. The van der Waals surface area contributed by atoms with E-state index in [0.29, 0.717) is 50.5 Å². The Morgan fingerprint density at radius 3 is 2.15 bits per heavy atom. The number of hydrogen-bond donors (Lipinski definition) is 1. The average Bonchev–Trinajstić information content (AvgIpc) is 3.45. The fraction of sp³-hybridized carbons (Fsp3) is 0.571. The van der Waals surface area contributed by atoms with E-state index in [9.17, 15) is 19.5 Å². The Labute approximate surface area is 159 Å². The average molecular weight is 370 g/mol. The third-order valence-electron chi connectivity index (χ3n) is 6.37. The van der Waals surface area contributed by atoms with Crippen molar-refractivity contribution in [2.24, 2.45) is 23.7 Å². The van der Waals surface area contributed by atoms with Crippen molar-refractivity contribution in [3.05, 3.63) is 35.9 Å². The Morgan fingerprint density at radius 2 is 1.56 bits per heavy atom. The lowest BCUT2D eigenvalue weighted by atomic mass is 9.92. The van der Waals surface area contributed by atoms with Gasteiger partial charge in [0.1, 0.15) is 0 Å². The number of carboxylic acids is 1. The first kappa shape index (κ1) is 18.0. The zero-order valence-electron chi connectivity index (χ0n) is 15.4. The van der Waals surface area contributed by atoms with Crippen molar-refractivity contribution in [2.45, 2.75) is 25.7 Å². The number of aliphatic carboxylic acids is 1. The Kier molecular flexibility index (Phi) is 4.89. The van der Waals surface area contributed by atoms with Gasteiger partial charge in [0, 0.05) is 37.7 Å². The van der Waals surface area contributed by atoms with Gasteiger partial charge in [0.2, 0.25) is 5.91 Å². The molecule has 1 aromatic rings.